The Labute approximate surface area is 173 Å². The molecule has 0 radical (unpaired) electrons. The minimum atomic E-state index is -4.31. The van der Waals surface area contributed by atoms with Gasteiger partial charge in [-0.1, -0.05) is 78.6 Å². The van der Waals surface area contributed by atoms with Gasteiger partial charge in [-0.05, 0) is 25.7 Å². The monoisotopic (exact) mass is 463 g/mol. The van der Waals surface area contributed by atoms with Gasteiger partial charge in [0.2, 0.25) is 0 Å². The van der Waals surface area contributed by atoms with Crippen molar-refractivity contribution in [2.45, 2.75) is 90.1 Å². The van der Waals surface area contributed by atoms with E-state index in [0.717, 1.165) is 0 Å². The largest absolute Gasteiger partial charge is 0.438 e. The first-order valence-corrected chi connectivity index (χ1v) is 13.1. The van der Waals surface area contributed by atoms with Crippen LogP contribution >= 0.6 is 32.5 Å². The molecule has 9 heteroatoms. The zero-order chi connectivity index (χ0) is 22.0. The maximum atomic E-state index is 10.2. The van der Waals surface area contributed by atoms with Crippen molar-refractivity contribution in [3.63, 3.8) is 0 Å². The van der Waals surface area contributed by atoms with E-state index in [1.807, 2.05) is 0 Å². The molecule has 0 aliphatic carbocycles. The molecule has 0 aromatic carbocycles. The highest BCUT2D eigenvalue weighted by Gasteiger charge is 2.34. The number of rotatable bonds is 12. The molecule has 27 heavy (non-hydrogen) atoms. The fourth-order valence-corrected chi connectivity index (χ4v) is 7.93. The van der Waals surface area contributed by atoms with Crippen LogP contribution < -0.4 is 0 Å². The third kappa shape index (κ3) is 38.0. The summed E-state index contributed by atoms with van der Waals surface area (Å²) in [5.41, 5.74) is -8.61. The first-order chi connectivity index (χ1) is 12.2. The molecule has 0 amide bonds. The van der Waals surface area contributed by atoms with Crippen molar-refractivity contribution in [3.8, 4) is 0 Å². The highest BCUT2D eigenvalue weighted by Crippen LogP contribution is 2.61. The predicted octanol–water partition coefficient (Wildman–Crippen LogP) is 9.08. The second kappa shape index (κ2) is 18.7. The molecule has 0 rings (SSSR count). The van der Waals surface area contributed by atoms with Crippen LogP contribution in [0.15, 0.2) is 0 Å². The van der Waals surface area contributed by atoms with Crippen molar-refractivity contribution in [1.82, 2.24) is 0 Å². The van der Waals surface area contributed by atoms with Gasteiger partial charge in [0.25, 0.3) is 0 Å². The van der Waals surface area contributed by atoms with Crippen LogP contribution in [0, 0.1) is 0 Å². The maximum absolute atomic E-state index is 10.2. The van der Waals surface area contributed by atoms with E-state index >= 15 is 0 Å². The van der Waals surface area contributed by atoms with Gasteiger partial charge in [0.1, 0.15) is 0 Å². The van der Waals surface area contributed by atoms with Gasteiger partial charge in [0.05, 0.1) is 24.6 Å². The zero-order valence-electron chi connectivity index (χ0n) is 17.1. The van der Waals surface area contributed by atoms with Gasteiger partial charge in [-0.2, -0.15) is 26.3 Å². The Morgan fingerprint density at radius 3 is 0.778 bits per heavy atom. The predicted molar refractivity (Wildman–Crippen MR) is 116 cm³/mol. The van der Waals surface area contributed by atoms with Crippen molar-refractivity contribution < 1.29 is 26.3 Å². The van der Waals surface area contributed by atoms with E-state index in [4.69, 9.17) is 0 Å². The first-order valence-electron chi connectivity index (χ1n) is 9.67. The Balaban J connectivity index is -0.000000471. The molecule has 0 spiro atoms. The molecule has 0 heterocycles. The van der Waals surface area contributed by atoms with Crippen molar-refractivity contribution in [2.24, 2.45) is 0 Å². The summed E-state index contributed by atoms with van der Waals surface area (Å²) in [7, 11) is -0.562. The molecule has 0 fully saturated rings. The summed E-state index contributed by atoms with van der Waals surface area (Å²) < 4.78 is 61.3. The number of alkyl halides is 6. The minimum absolute atomic E-state index is 0.562. The lowest BCUT2D eigenvalue weighted by molar-refractivity contribution is -0.0313. The van der Waals surface area contributed by atoms with Crippen LogP contribution in [0.3, 0.4) is 0 Å². The quantitative estimate of drug-likeness (QED) is 0.161. The third-order valence-electron chi connectivity index (χ3n) is 3.94. The molecule has 0 saturated heterocycles. The van der Waals surface area contributed by atoms with Gasteiger partial charge < -0.3 is 0 Å². The van der Waals surface area contributed by atoms with E-state index in [1.54, 1.807) is 24.6 Å². The van der Waals surface area contributed by atoms with Crippen LogP contribution in [0.2, 0.25) is 0 Å². The van der Waals surface area contributed by atoms with Crippen LogP contribution in [0.25, 0.3) is 0 Å². The summed E-state index contributed by atoms with van der Waals surface area (Å²) in [5, 5.41) is 0. The Morgan fingerprint density at radius 2 is 0.667 bits per heavy atom. The van der Waals surface area contributed by atoms with Crippen molar-refractivity contribution in [3.05, 3.63) is 0 Å². The average Bonchev–Trinajstić information content (AvgIpc) is 2.50. The summed E-state index contributed by atoms with van der Waals surface area (Å²) in [6.07, 6.45) is 17.9. The van der Waals surface area contributed by atoms with Gasteiger partial charge in [0, 0.05) is 7.26 Å². The van der Waals surface area contributed by atoms with Gasteiger partial charge in [-0.25, -0.2) is 0 Å². The second-order valence-corrected chi connectivity index (χ2v) is 12.1. The molecule has 0 aliphatic heterocycles. The smallest absolute Gasteiger partial charge is 0.161 e. The van der Waals surface area contributed by atoms with Crippen LogP contribution in [-0.4, -0.2) is 35.7 Å². The average molecular weight is 464 g/mol. The Hall–Kier alpha value is 0.710. The van der Waals surface area contributed by atoms with Crippen molar-refractivity contribution in [2.75, 3.05) is 24.6 Å². The lowest BCUT2D eigenvalue weighted by Crippen LogP contribution is -2.12. The standard InChI is InChI=1S/C16H36P.2CHF3S/c1-5-9-13-17(14-10-6-2,15-11-7-3)16-12-8-4;2*2-1(3,4)5/h5-16H2,1-4H3;2*5H/q+1;;. The summed E-state index contributed by atoms with van der Waals surface area (Å²) in [4.78, 5) is 0. The van der Waals surface area contributed by atoms with Crippen LogP contribution in [-0.2, 0) is 0 Å². The molecular weight excluding hydrogens is 425 g/mol. The summed E-state index contributed by atoms with van der Waals surface area (Å²) in [6, 6.07) is 0. The number of thiol groups is 2. The molecule has 0 bridgehead atoms. The van der Waals surface area contributed by atoms with Crippen molar-refractivity contribution >= 4 is 32.5 Å². The Morgan fingerprint density at radius 1 is 0.519 bits per heavy atom. The number of hydrogen-bond acceptors (Lipinski definition) is 2. The molecule has 0 aliphatic rings. The molecule has 168 valence electrons. The third-order valence-corrected chi connectivity index (χ3v) is 9.00. The normalized spacial score (nSPS) is 12.0. The van der Waals surface area contributed by atoms with Gasteiger partial charge in [-0.3, -0.25) is 0 Å². The Bertz CT molecular complexity index is 248. The molecule has 0 N–H and O–H groups in total. The molecule has 0 saturated carbocycles. The van der Waals surface area contributed by atoms with Crippen LogP contribution in [0.4, 0.5) is 26.3 Å². The van der Waals surface area contributed by atoms with Gasteiger partial charge in [-0.15, -0.1) is 0 Å². The van der Waals surface area contributed by atoms with Gasteiger partial charge >= 0.3 is 11.0 Å². The molecule has 0 aromatic rings. The van der Waals surface area contributed by atoms with Crippen molar-refractivity contribution in [1.29, 1.82) is 0 Å². The SMILES string of the molecule is CCCC[P+](CCCC)(CCCC)CCCC.FC(F)(F)S.FC(F)(F)S. The van der Waals surface area contributed by atoms with E-state index in [-0.39, 0.29) is 0 Å². The van der Waals surface area contributed by atoms with E-state index in [9.17, 15) is 26.3 Å². The van der Waals surface area contributed by atoms with E-state index in [1.165, 1.54) is 51.4 Å². The number of halogens is 6. The molecule has 0 atom stereocenters. The summed E-state index contributed by atoms with van der Waals surface area (Å²) in [5.74, 6) is 0. The van der Waals surface area contributed by atoms with Crippen LogP contribution in [0.1, 0.15) is 79.1 Å². The second-order valence-electron chi connectivity index (χ2n) is 6.59. The fourth-order valence-electron chi connectivity index (χ4n) is 2.64. The lowest BCUT2D eigenvalue weighted by atomic mass is 10.4. The van der Waals surface area contributed by atoms with E-state index in [2.05, 4.69) is 53.0 Å². The van der Waals surface area contributed by atoms with Crippen LogP contribution in [0.5, 0.6) is 0 Å². The van der Waals surface area contributed by atoms with E-state index < -0.39 is 18.3 Å². The maximum Gasteiger partial charge on any atom is 0.438 e. The molecule has 0 aromatic heterocycles. The number of hydrogen-bond donors (Lipinski definition) is 2. The first kappa shape index (κ1) is 32.4. The number of unbranched alkanes of at least 4 members (excludes halogenated alkanes) is 4. The molecular formula is C18H38F6PS2+. The summed E-state index contributed by atoms with van der Waals surface area (Å²) >= 11 is 4.25. The topological polar surface area (TPSA) is 0 Å². The molecule has 0 nitrogen and oxygen atoms in total. The minimum Gasteiger partial charge on any atom is -0.161 e. The highest BCUT2D eigenvalue weighted by atomic mass is 32.1. The van der Waals surface area contributed by atoms with E-state index in [0.29, 0.717) is 0 Å². The lowest BCUT2D eigenvalue weighted by Gasteiger charge is -2.28. The molecule has 0 unspecified atom stereocenters. The zero-order valence-corrected chi connectivity index (χ0v) is 19.8. The highest BCUT2D eigenvalue weighted by molar-refractivity contribution is 7.81. The fraction of sp³-hybridized carbons (Fsp3) is 1.00. The summed E-state index contributed by atoms with van der Waals surface area (Å²) in [6.45, 7) is 9.42. The van der Waals surface area contributed by atoms with Gasteiger partial charge in [0.15, 0.2) is 0 Å². The Kier molecular flexibility index (Phi) is 22.4.